The summed E-state index contributed by atoms with van der Waals surface area (Å²) >= 11 is 0. The van der Waals surface area contributed by atoms with Crippen molar-refractivity contribution in [3.05, 3.63) is 180 Å². The van der Waals surface area contributed by atoms with Crippen LogP contribution >= 0.6 is 0 Å². The number of rotatable bonds is 5. The highest BCUT2D eigenvalue weighted by atomic mass is 15.1. The van der Waals surface area contributed by atoms with Crippen LogP contribution < -0.4 is 0 Å². The van der Waals surface area contributed by atoms with Crippen molar-refractivity contribution in [2.75, 3.05) is 0 Å². The number of hydrogen-bond donors (Lipinski definition) is 1. The number of nitrogens with one attached hydrogen (secondary N) is 1. The molecule has 0 unspecified atom stereocenters. The maximum Gasteiger partial charge on any atom is 0.147 e. The number of H-pyrrole nitrogens is 1. The Balaban J connectivity index is 1.20. The molecule has 11 rings (SSSR count). The van der Waals surface area contributed by atoms with Crippen molar-refractivity contribution in [2.45, 2.75) is 34.6 Å². The average molecular weight is 748 g/mol. The number of para-hydroxylation sites is 3. The van der Waals surface area contributed by atoms with Crippen LogP contribution in [0.2, 0.25) is 0 Å². The Morgan fingerprint density at radius 2 is 1.24 bits per heavy atom. The summed E-state index contributed by atoms with van der Waals surface area (Å²) in [6.07, 6.45) is 1.87. The molecule has 278 valence electrons. The first-order chi connectivity index (χ1) is 28.3. The highest BCUT2D eigenvalue weighted by Gasteiger charge is 2.24. The van der Waals surface area contributed by atoms with Crippen molar-refractivity contribution in [1.29, 1.82) is 0 Å². The van der Waals surface area contributed by atoms with Gasteiger partial charge in [-0.15, -0.1) is 0 Å². The number of aromatic amines is 1. The van der Waals surface area contributed by atoms with E-state index in [-0.39, 0.29) is 0 Å². The molecule has 0 aliphatic heterocycles. The molecule has 0 saturated heterocycles. The van der Waals surface area contributed by atoms with Crippen LogP contribution in [0.15, 0.2) is 152 Å². The third-order valence-electron chi connectivity index (χ3n) is 12.1. The van der Waals surface area contributed by atoms with Gasteiger partial charge in [-0.05, 0) is 134 Å². The summed E-state index contributed by atoms with van der Waals surface area (Å²) in [4.78, 5) is 14.4. The van der Waals surface area contributed by atoms with E-state index in [0.29, 0.717) is 0 Å². The first kappa shape index (κ1) is 34.0. The lowest BCUT2D eigenvalue weighted by Gasteiger charge is -2.15. The van der Waals surface area contributed by atoms with Crippen molar-refractivity contribution >= 4 is 54.6 Å². The largest absolute Gasteiger partial charge is 0.354 e. The minimum absolute atomic E-state index is 0.892. The zero-order valence-corrected chi connectivity index (χ0v) is 33.2. The molecule has 4 heterocycles. The van der Waals surface area contributed by atoms with Crippen molar-refractivity contribution < 1.29 is 0 Å². The van der Waals surface area contributed by atoms with Crippen molar-refractivity contribution in [3.63, 3.8) is 0 Å². The maximum absolute atomic E-state index is 5.66. The molecule has 0 aliphatic rings. The van der Waals surface area contributed by atoms with Gasteiger partial charge in [0.05, 0.1) is 27.6 Å². The molecule has 5 heteroatoms. The minimum atomic E-state index is 0.892. The Morgan fingerprint density at radius 1 is 0.500 bits per heavy atom. The Morgan fingerprint density at radius 3 is 2.05 bits per heavy atom. The van der Waals surface area contributed by atoms with Gasteiger partial charge in [0.15, 0.2) is 0 Å². The molecule has 0 fully saturated rings. The molecule has 5 nitrogen and oxygen atoms in total. The quantitative estimate of drug-likeness (QED) is 0.191. The second kappa shape index (κ2) is 12.9. The summed E-state index contributed by atoms with van der Waals surface area (Å²) in [7, 11) is 0. The molecule has 1 N–H and O–H groups in total. The van der Waals surface area contributed by atoms with E-state index in [1.54, 1.807) is 0 Å². The van der Waals surface area contributed by atoms with E-state index in [4.69, 9.17) is 9.97 Å². The topological polar surface area (TPSA) is 51.4 Å². The smallest absolute Gasteiger partial charge is 0.147 e. The van der Waals surface area contributed by atoms with Crippen LogP contribution in [0.5, 0.6) is 0 Å². The normalized spacial score (nSPS) is 11.9. The van der Waals surface area contributed by atoms with E-state index in [2.05, 4.69) is 188 Å². The van der Waals surface area contributed by atoms with Gasteiger partial charge in [0.1, 0.15) is 11.6 Å². The van der Waals surface area contributed by atoms with E-state index < -0.39 is 0 Å². The summed E-state index contributed by atoms with van der Waals surface area (Å²) in [6.45, 7) is 11.0. The van der Waals surface area contributed by atoms with Gasteiger partial charge in [-0.25, -0.2) is 9.97 Å². The van der Waals surface area contributed by atoms with Crippen molar-refractivity contribution in [1.82, 2.24) is 24.1 Å². The third kappa shape index (κ3) is 5.09. The molecular formula is C53H41N5. The molecule has 7 aromatic carbocycles. The van der Waals surface area contributed by atoms with Gasteiger partial charge >= 0.3 is 0 Å². The van der Waals surface area contributed by atoms with Crippen LogP contribution in [0.3, 0.4) is 0 Å². The Labute approximate surface area is 336 Å². The number of benzene rings is 7. The molecule has 0 amide bonds. The predicted molar refractivity (Wildman–Crippen MR) is 243 cm³/mol. The van der Waals surface area contributed by atoms with Gasteiger partial charge in [-0.1, -0.05) is 90.5 Å². The summed E-state index contributed by atoms with van der Waals surface area (Å²) in [5.74, 6) is 1.79. The van der Waals surface area contributed by atoms with Gasteiger partial charge < -0.3 is 4.98 Å². The molecule has 0 radical (unpaired) electrons. The molecule has 0 aliphatic carbocycles. The first-order valence-electron chi connectivity index (χ1n) is 20.0. The van der Waals surface area contributed by atoms with Crippen LogP contribution in [0, 0.1) is 34.6 Å². The fraction of sp³-hybridized carbons (Fsp3) is 0.0943. The molecule has 0 saturated carbocycles. The Bertz CT molecular complexity index is 3410. The van der Waals surface area contributed by atoms with Gasteiger partial charge in [0, 0.05) is 50.1 Å². The summed E-state index contributed by atoms with van der Waals surface area (Å²) in [6, 6.07) is 52.6. The highest BCUT2D eigenvalue weighted by Crippen LogP contribution is 2.44. The molecule has 11 aromatic rings. The standard InChI is InChI=1S/C53H41N5/c1-31-26-34(4)49(35(5)27-31)41-23-24-42(52-50(41)40-16-9-10-18-44(40)55-52)53-56-51-38(17-13-19-45(51)57(53)37-14-7-6-8-15-37)36-21-22-39-43-28-32(2)33(3)29-46(43)58(47(39)30-36)48-20-11-12-25-54-48/h6-30,55H,1-5H3. The van der Waals surface area contributed by atoms with Crippen LogP contribution in [-0.4, -0.2) is 24.1 Å². The van der Waals surface area contributed by atoms with Crippen molar-refractivity contribution in [3.8, 4) is 45.1 Å². The fourth-order valence-electron chi connectivity index (χ4n) is 9.48. The number of aryl methyl sites for hydroxylation is 5. The lowest BCUT2D eigenvalue weighted by Crippen LogP contribution is -1.98. The van der Waals surface area contributed by atoms with Gasteiger partial charge in [-0.2, -0.15) is 0 Å². The Kier molecular flexibility index (Phi) is 7.57. The number of pyridine rings is 1. The summed E-state index contributed by atoms with van der Waals surface area (Å²) in [5, 5.41) is 4.86. The zero-order valence-electron chi connectivity index (χ0n) is 33.2. The van der Waals surface area contributed by atoms with E-state index in [0.717, 1.165) is 67.1 Å². The molecule has 0 bridgehead atoms. The van der Waals surface area contributed by atoms with E-state index in [1.807, 2.05) is 12.3 Å². The number of hydrogen-bond acceptors (Lipinski definition) is 2. The zero-order chi connectivity index (χ0) is 39.2. The van der Waals surface area contributed by atoms with E-state index in [9.17, 15) is 0 Å². The summed E-state index contributed by atoms with van der Waals surface area (Å²) < 4.78 is 4.64. The number of nitrogens with zero attached hydrogens (tertiary/aromatic N) is 4. The van der Waals surface area contributed by atoms with Crippen LogP contribution in [0.4, 0.5) is 0 Å². The first-order valence-corrected chi connectivity index (χ1v) is 20.0. The SMILES string of the molecule is Cc1cc(C)c(-c2ccc(-c3nc4c(-c5ccc6c7cc(C)c(C)cc7n(-c7ccccn7)c6c5)cccc4n3-c3ccccc3)c3[nH]c4ccccc4c23)c(C)c1. The number of aromatic nitrogens is 5. The van der Waals surface area contributed by atoms with Gasteiger partial charge in [0.25, 0.3) is 0 Å². The lowest BCUT2D eigenvalue weighted by molar-refractivity contribution is 1.08. The molecule has 0 spiro atoms. The third-order valence-corrected chi connectivity index (χ3v) is 12.1. The summed E-state index contributed by atoms with van der Waals surface area (Å²) in [5.41, 5.74) is 19.7. The average Bonchev–Trinajstić information content (AvgIpc) is 3.91. The number of fused-ring (bicyclic) bond motifs is 7. The molecule has 4 aromatic heterocycles. The minimum Gasteiger partial charge on any atom is -0.354 e. The van der Waals surface area contributed by atoms with Crippen molar-refractivity contribution in [2.24, 2.45) is 0 Å². The fourth-order valence-corrected chi connectivity index (χ4v) is 9.48. The predicted octanol–water partition coefficient (Wildman–Crippen LogP) is 13.7. The molecule has 0 atom stereocenters. The van der Waals surface area contributed by atoms with Crippen LogP contribution in [0.25, 0.3) is 99.8 Å². The lowest BCUT2D eigenvalue weighted by atomic mass is 9.90. The maximum atomic E-state index is 5.66. The second-order valence-electron chi connectivity index (χ2n) is 15.8. The van der Waals surface area contributed by atoms with E-state index >= 15 is 0 Å². The van der Waals surface area contributed by atoms with Gasteiger partial charge in [0.2, 0.25) is 0 Å². The molecular weight excluding hydrogens is 707 g/mol. The van der Waals surface area contributed by atoms with Gasteiger partial charge in [-0.3, -0.25) is 9.13 Å². The van der Waals surface area contributed by atoms with Crippen LogP contribution in [0.1, 0.15) is 27.8 Å². The second-order valence-corrected chi connectivity index (χ2v) is 15.8. The number of imidazole rings is 1. The van der Waals surface area contributed by atoms with E-state index in [1.165, 1.54) is 60.5 Å². The molecule has 58 heavy (non-hydrogen) atoms. The van der Waals surface area contributed by atoms with Crippen LogP contribution in [-0.2, 0) is 0 Å². The highest BCUT2D eigenvalue weighted by molar-refractivity contribution is 6.18. The Hall–Kier alpha value is -7.24. The monoisotopic (exact) mass is 747 g/mol.